The zero-order chi connectivity index (χ0) is 11.5. The molecular weight excluding hydrogens is 198 g/mol. The lowest BCUT2D eigenvalue weighted by atomic mass is 9.95. The molecule has 3 heteroatoms. The summed E-state index contributed by atoms with van der Waals surface area (Å²) in [5.74, 6) is 1.50. The van der Waals surface area contributed by atoms with Crippen LogP contribution < -0.4 is 5.73 Å². The molecule has 2 unspecified atom stereocenters. The van der Waals surface area contributed by atoms with Gasteiger partial charge in [-0.3, -0.25) is 10.3 Å². The second-order valence-corrected chi connectivity index (χ2v) is 5.61. The highest BCUT2D eigenvalue weighted by Gasteiger charge is 2.33. The first-order valence-electron chi connectivity index (χ1n) is 6.76. The summed E-state index contributed by atoms with van der Waals surface area (Å²) >= 11 is 0. The van der Waals surface area contributed by atoms with Crippen LogP contribution in [0.15, 0.2) is 0 Å². The lowest BCUT2D eigenvalue weighted by molar-refractivity contribution is 0.181. The Morgan fingerprint density at radius 1 is 1.31 bits per heavy atom. The van der Waals surface area contributed by atoms with Crippen LogP contribution in [0.3, 0.4) is 0 Å². The molecule has 1 saturated carbocycles. The molecule has 0 aromatic rings. The first-order valence-corrected chi connectivity index (χ1v) is 6.76. The highest BCUT2D eigenvalue weighted by Crippen LogP contribution is 2.35. The SMILES string of the molecule is CC(CN1CCCC1C1CCCC1)C(=N)N. The molecule has 0 bridgehead atoms. The van der Waals surface area contributed by atoms with Crippen molar-refractivity contribution < 1.29 is 0 Å². The quantitative estimate of drug-likeness (QED) is 0.567. The van der Waals surface area contributed by atoms with Crippen molar-refractivity contribution in [3.05, 3.63) is 0 Å². The van der Waals surface area contributed by atoms with Crippen molar-refractivity contribution in [3.8, 4) is 0 Å². The second kappa shape index (κ2) is 5.17. The van der Waals surface area contributed by atoms with Gasteiger partial charge in [-0.05, 0) is 38.1 Å². The number of hydrogen-bond donors (Lipinski definition) is 2. The van der Waals surface area contributed by atoms with Crippen LogP contribution >= 0.6 is 0 Å². The summed E-state index contributed by atoms with van der Waals surface area (Å²) in [5.41, 5.74) is 5.57. The van der Waals surface area contributed by atoms with Crippen LogP contribution in [0.2, 0.25) is 0 Å². The smallest absolute Gasteiger partial charge is 0.0947 e. The number of likely N-dealkylation sites (tertiary alicyclic amines) is 1. The van der Waals surface area contributed by atoms with E-state index in [0.29, 0.717) is 5.84 Å². The van der Waals surface area contributed by atoms with E-state index in [1.807, 2.05) is 0 Å². The highest BCUT2D eigenvalue weighted by atomic mass is 15.2. The van der Waals surface area contributed by atoms with Crippen molar-refractivity contribution in [2.24, 2.45) is 17.6 Å². The molecule has 1 aliphatic heterocycles. The van der Waals surface area contributed by atoms with Crippen LogP contribution in [0.5, 0.6) is 0 Å². The minimum Gasteiger partial charge on any atom is -0.387 e. The Balaban J connectivity index is 1.89. The van der Waals surface area contributed by atoms with E-state index < -0.39 is 0 Å². The first-order chi connectivity index (χ1) is 7.68. The van der Waals surface area contributed by atoms with E-state index in [2.05, 4.69) is 11.8 Å². The van der Waals surface area contributed by atoms with E-state index in [1.165, 1.54) is 45.1 Å². The predicted molar refractivity (Wildman–Crippen MR) is 67.6 cm³/mol. The monoisotopic (exact) mass is 223 g/mol. The Morgan fingerprint density at radius 2 is 2.00 bits per heavy atom. The zero-order valence-electron chi connectivity index (χ0n) is 10.4. The van der Waals surface area contributed by atoms with Gasteiger partial charge in [0, 0.05) is 18.5 Å². The third-order valence-corrected chi connectivity index (χ3v) is 4.40. The van der Waals surface area contributed by atoms with Gasteiger partial charge >= 0.3 is 0 Å². The van der Waals surface area contributed by atoms with Gasteiger partial charge in [0.25, 0.3) is 0 Å². The van der Waals surface area contributed by atoms with Crippen molar-refractivity contribution in [1.29, 1.82) is 5.41 Å². The Kier molecular flexibility index (Phi) is 3.85. The molecule has 0 radical (unpaired) electrons. The van der Waals surface area contributed by atoms with Gasteiger partial charge in [0.2, 0.25) is 0 Å². The van der Waals surface area contributed by atoms with Crippen LogP contribution in [0, 0.1) is 17.2 Å². The minimum absolute atomic E-state index is 0.224. The van der Waals surface area contributed by atoms with Gasteiger partial charge in [-0.2, -0.15) is 0 Å². The Labute approximate surface area is 98.9 Å². The molecule has 3 N–H and O–H groups in total. The molecule has 92 valence electrons. The molecule has 0 spiro atoms. The van der Waals surface area contributed by atoms with E-state index in [0.717, 1.165) is 18.5 Å². The fraction of sp³-hybridized carbons (Fsp3) is 0.923. The standard InChI is InChI=1S/C13H25N3/c1-10(13(14)15)9-16-8-4-7-12(16)11-5-2-3-6-11/h10-12H,2-9H2,1H3,(H3,14,15). The van der Waals surface area contributed by atoms with Crippen molar-refractivity contribution in [1.82, 2.24) is 4.90 Å². The number of amidine groups is 1. The Morgan fingerprint density at radius 3 is 2.62 bits per heavy atom. The third-order valence-electron chi connectivity index (χ3n) is 4.40. The van der Waals surface area contributed by atoms with Crippen molar-refractivity contribution in [2.45, 2.75) is 51.5 Å². The normalized spacial score (nSPS) is 29.7. The average molecular weight is 223 g/mol. The maximum atomic E-state index is 7.49. The summed E-state index contributed by atoms with van der Waals surface area (Å²) in [7, 11) is 0. The van der Waals surface area contributed by atoms with Gasteiger partial charge in [0.05, 0.1) is 5.84 Å². The van der Waals surface area contributed by atoms with Crippen LogP contribution in [-0.4, -0.2) is 29.9 Å². The van der Waals surface area contributed by atoms with Crippen LogP contribution in [0.1, 0.15) is 45.4 Å². The molecule has 16 heavy (non-hydrogen) atoms. The molecule has 2 atom stereocenters. The first kappa shape index (κ1) is 11.9. The largest absolute Gasteiger partial charge is 0.387 e. The van der Waals surface area contributed by atoms with E-state index in [-0.39, 0.29) is 5.92 Å². The predicted octanol–water partition coefficient (Wildman–Crippen LogP) is 2.21. The second-order valence-electron chi connectivity index (χ2n) is 5.61. The Bertz CT molecular complexity index is 246. The average Bonchev–Trinajstić information content (AvgIpc) is 2.85. The van der Waals surface area contributed by atoms with Gasteiger partial charge in [-0.1, -0.05) is 19.8 Å². The van der Waals surface area contributed by atoms with Gasteiger partial charge in [0.15, 0.2) is 0 Å². The summed E-state index contributed by atoms with van der Waals surface area (Å²) in [6, 6.07) is 0.796. The molecule has 3 nitrogen and oxygen atoms in total. The fourth-order valence-electron chi connectivity index (χ4n) is 3.40. The van der Waals surface area contributed by atoms with Crippen molar-refractivity contribution in [3.63, 3.8) is 0 Å². The number of nitrogens with two attached hydrogens (primary N) is 1. The maximum absolute atomic E-state index is 7.49. The maximum Gasteiger partial charge on any atom is 0.0947 e. The summed E-state index contributed by atoms with van der Waals surface area (Å²) in [6.07, 6.45) is 8.42. The van der Waals surface area contributed by atoms with Gasteiger partial charge in [-0.15, -0.1) is 0 Å². The fourth-order valence-corrected chi connectivity index (χ4v) is 3.40. The molecule has 0 aromatic heterocycles. The van der Waals surface area contributed by atoms with E-state index >= 15 is 0 Å². The molecule has 2 rings (SSSR count). The molecule has 1 saturated heterocycles. The Hall–Kier alpha value is -0.570. The van der Waals surface area contributed by atoms with E-state index in [4.69, 9.17) is 11.1 Å². The summed E-state index contributed by atoms with van der Waals surface area (Å²) < 4.78 is 0. The minimum atomic E-state index is 0.224. The molecular formula is C13H25N3. The number of nitrogens with one attached hydrogen (secondary N) is 1. The van der Waals surface area contributed by atoms with Gasteiger partial charge in [0.1, 0.15) is 0 Å². The molecule has 2 fully saturated rings. The highest BCUT2D eigenvalue weighted by molar-refractivity contribution is 5.79. The topological polar surface area (TPSA) is 53.1 Å². The van der Waals surface area contributed by atoms with Crippen molar-refractivity contribution >= 4 is 5.84 Å². The summed E-state index contributed by atoms with van der Waals surface area (Å²) in [5, 5.41) is 7.49. The molecule has 0 aromatic carbocycles. The number of rotatable bonds is 4. The van der Waals surface area contributed by atoms with Crippen molar-refractivity contribution in [2.75, 3.05) is 13.1 Å². The lowest BCUT2D eigenvalue weighted by Crippen LogP contribution is -2.40. The molecule has 0 amide bonds. The number of nitrogens with zero attached hydrogens (tertiary/aromatic N) is 1. The third kappa shape index (κ3) is 2.57. The molecule has 1 aliphatic carbocycles. The van der Waals surface area contributed by atoms with Crippen LogP contribution in [0.4, 0.5) is 0 Å². The number of hydrogen-bond acceptors (Lipinski definition) is 2. The molecule has 1 heterocycles. The lowest BCUT2D eigenvalue weighted by Gasteiger charge is -2.31. The zero-order valence-corrected chi connectivity index (χ0v) is 10.4. The molecule has 2 aliphatic rings. The summed E-state index contributed by atoms with van der Waals surface area (Å²) in [6.45, 7) is 4.29. The van der Waals surface area contributed by atoms with Crippen LogP contribution in [-0.2, 0) is 0 Å². The van der Waals surface area contributed by atoms with Crippen LogP contribution in [0.25, 0.3) is 0 Å². The van der Waals surface area contributed by atoms with E-state index in [9.17, 15) is 0 Å². The van der Waals surface area contributed by atoms with Gasteiger partial charge in [-0.25, -0.2) is 0 Å². The van der Waals surface area contributed by atoms with E-state index in [1.54, 1.807) is 0 Å². The van der Waals surface area contributed by atoms with Gasteiger partial charge < -0.3 is 5.73 Å². The summed E-state index contributed by atoms with van der Waals surface area (Å²) in [4.78, 5) is 2.60.